The van der Waals surface area contributed by atoms with Crippen LogP contribution in [-0.2, 0) is 26.1 Å². The Hall–Kier alpha value is -3.76. The number of fused-ring (bicyclic) bond motifs is 3. The lowest BCUT2D eigenvalue weighted by Gasteiger charge is -2.29. The number of nitrogens with zero attached hydrogens (tertiary/aromatic N) is 5. The van der Waals surface area contributed by atoms with Gasteiger partial charge in [-0.25, -0.2) is 9.37 Å². The molecule has 4 aromatic rings. The molecular formula is C24H20FN5O. The van der Waals surface area contributed by atoms with E-state index in [2.05, 4.69) is 16.0 Å². The molecule has 5 rings (SSSR count). The van der Waals surface area contributed by atoms with Gasteiger partial charge in [0.15, 0.2) is 0 Å². The molecule has 3 heterocycles. The van der Waals surface area contributed by atoms with Crippen LogP contribution in [-0.4, -0.2) is 25.4 Å². The molecule has 6 nitrogen and oxygen atoms in total. The first-order valence-corrected chi connectivity index (χ1v) is 10.2. The van der Waals surface area contributed by atoms with Crippen molar-refractivity contribution >= 4 is 5.78 Å². The van der Waals surface area contributed by atoms with Crippen LogP contribution in [0.1, 0.15) is 27.9 Å². The van der Waals surface area contributed by atoms with E-state index in [0.29, 0.717) is 31.0 Å². The average molecular weight is 413 g/mol. The molecule has 0 unspecified atom stereocenters. The van der Waals surface area contributed by atoms with Crippen LogP contribution in [0.3, 0.4) is 0 Å². The van der Waals surface area contributed by atoms with Crippen LogP contribution >= 0.6 is 0 Å². The van der Waals surface area contributed by atoms with Gasteiger partial charge in [-0.3, -0.25) is 18.7 Å². The van der Waals surface area contributed by atoms with E-state index >= 15 is 0 Å². The van der Waals surface area contributed by atoms with Crippen LogP contribution in [0.15, 0.2) is 65.7 Å². The minimum Gasteiger partial charge on any atom is -0.294 e. The number of rotatable bonds is 4. The van der Waals surface area contributed by atoms with Gasteiger partial charge in [-0.2, -0.15) is 5.26 Å². The second-order valence-electron chi connectivity index (χ2n) is 7.81. The van der Waals surface area contributed by atoms with Crippen molar-refractivity contribution in [3.63, 3.8) is 0 Å². The van der Waals surface area contributed by atoms with Crippen molar-refractivity contribution in [2.45, 2.75) is 26.1 Å². The van der Waals surface area contributed by atoms with Gasteiger partial charge in [-0.05, 0) is 35.4 Å². The monoisotopic (exact) mass is 413 g/mol. The number of aromatic nitrogens is 3. The summed E-state index contributed by atoms with van der Waals surface area (Å²) in [6, 6.07) is 15.9. The quantitative estimate of drug-likeness (QED) is 0.516. The summed E-state index contributed by atoms with van der Waals surface area (Å²) < 4.78 is 16.9. The van der Waals surface area contributed by atoms with Crippen LogP contribution in [0.25, 0.3) is 5.78 Å². The normalized spacial score (nSPS) is 13.8. The lowest BCUT2D eigenvalue weighted by Crippen LogP contribution is -2.38. The number of imidazole rings is 1. The maximum atomic E-state index is 13.5. The third-order valence-electron chi connectivity index (χ3n) is 5.77. The highest BCUT2D eigenvalue weighted by atomic mass is 19.1. The average Bonchev–Trinajstić information content (AvgIpc) is 3.28. The molecule has 7 heteroatoms. The predicted octanol–water partition coefficient (Wildman–Crippen LogP) is 3.11. The topological polar surface area (TPSA) is 66.3 Å². The molecule has 154 valence electrons. The molecule has 0 saturated carbocycles. The van der Waals surface area contributed by atoms with Crippen LogP contribution in [0.2, 0.25) is 0 Å². The van der Waals surface area contributed by atoms with Crippen molar-refractivity contribution in [3.8, 4) is 6.07 Å². The van der Waals surface area contributed by atoms with Crippen molar-refractivity contribution < 1.29 is 4.39 Å². The fourth-order valence-corrected chi connectivity index (χ4v) is 4.27. The molecule has 0 fully saturated rings. The minimum atomic E-state index is -0.302. The summed E-state index contributed by atoms with van der Waals surface area (Å²) in [5, 5.41) is 9.14. The highest BCUT2D eigenvalue weighted by Crippen LogP contribution is 2.20. The zero-order valence-electron chi connectivity index (χ0n) is 16.8. The van der Waals surface area contributed by atoms with E-state index in [1.807, 2.05) is 28.8 Å². The Morgan fingerprint density at radius 3 is 2.74 bits per heavy atom. The van der Waals surface area contributed by atoms with Gasteiger partial charge in [-0.1, -0.05) is 24.3 Å². The van der Waals surface area contributed by atoms with Crippen LogP contribution < -0.4 is 5.56 Å². The summed E-state index contributed by atoms with van der Waals surface area (Å²) in [4.78, 5) is 20.1. The molecule has 0 amide bonds. The van der Waals surface area contributed by atoms with Crippen molar-refractivity contribution in [3.05, 3.63) is 105 Å². The van der Waals surface area contributed by atoms with E-state index in [1.165, 1.54) is 12.1 Å². The van der Waals surface area contributed by atoms with E-state index in [-0.39, 0.29) is 11.4 Å². The van der Waals surface area contributed by atoms with E-state index in [4.69, 9.17) is 5.26 Å². The highest BCUT2D eigenvalue weighted by molar-refractivity contribution is 5.39. The fourth-order valence-electron chi connectivity index (χ4n) is 4.27. The van der Waals surface area contributed by atoms with Gasteiger partial charge < -0.3 is 0 Å². The van der Waals surface area contributed by atoms with E-state index in [9.17, 15) is 9.18 Å². The van der Waals surface area contributed by atoms with E-state index < -0.39 is 0 Å². The third kappa shape index (κ3) is 3.62. The Morgan fingerprint density at radius 2 is 1.94 bits per heavy atom. The van der Waals surface area contributed by atoms with Gasteiger partial charge >= 0.3 is 0 Å². The van der Waals surface area contributed by atoms with Crippen molar-refractivity contribution in [2.24, 2.45) is 0 Å². The highest BCUT2D eigenvalue weighted by Gasteiger charge is 2.24. The third-order valence-corrected chi connectivity index (χ3v) is 5.77. The predicted molar refractivity (Wildman–Crippen MR) is 114 cm³/mol. The SMILES string of the molecule is N#Cc1cccc(CN2CCc3c(c(=O)n(Cc4ccc(F)cc4)c4nccn34)C2)c1. The molecule has 1 aliphatic heterocycles. The zero-order valence-corrected chi connectivity index (χ0v) is 16.8. The smallest absolute Gasteiger partial charge is 0.259 e. The molecular weight excluding hydrogens is 393 g/mol. The van der Waals surface area contributed by atoms with Gasteiger partial charge in [-0.15, -0.1) is 0 Å². The molecule has 1 aliphatic rings. The lowest BCUT2D eigenvalue weighted by atomic mass is 10.0. The van der Waals surface area contributed by atoms with Gasteiger partial charge in [0.2, 0.25) is 5.78 Å². The van der Waals surface area contributed by atoms with Crippen molar-refractivity contribution in [1.82, 2.24) is 18.9 Å². The largest absolute Gasteiger partial charge is 0.294 e. The van der Waals surface area contributed by atoms with Crippen LogP contribution in [0, 0.1) is 17.1 Å². The molecule has 2 aromatic carbocycles. The number of hydrogen-bond donors (Lipinski definition) is 0. The molecule has 0 bridgehead atoms. The molecule has 31 heavy (non-hydrogen) atoms. The number of hydrogen-bond acceptors (Lipinski definition) is 4. The first kappa shape index (κ1) is 19.2. The van der Waals surface area contributed by atoms with E-state index in [0.717, 1.165) is 35.3 Å². The summed E-state index contributed by atoms with van der Waals surface area (Å²) in [5.74, 6) is 0.298. The minimum absolute atomic E-state index is 0.0616. The summed E-state index contributed by atoms with van der Waals surface area (Å²) in [6.07, 6.45) is 4.34. The summed E-state index contributed by atoms with van der Waals surface area (Å²) in [7, 11) is 0. The fraction of sp³-hybridized carbons (Fsp3) is 0.208. The lowest BCUT2D eigenvalue weighted by molar-refractivity contribution is 0.240. The van der Waals surface area contributed by atoms with Gasteiger partial charge in [0, 0.05) is 44.1 Å². The Morgan fingerprint density at radius 1 is 1.10 bits per heavy atom. The molecule has 0 radical (unpaired) electrons. The van der Waals surface area contributed by atoms with Crippen molar-refractivity contribution in [1.29, 1.82) is 5.26 Å². The Kier molecular flexibility index (Phi) is 4.85. The molecule has 0 atom stereocenters. The maximum absolute atomic E-state index is 13.5. The summed E-state index contributed by atoms with van der Waals surface area (Å²) >= 11 is 0. The summed E-state index contributed by atoms with van der Waals surface area (Å²) in [5.41, 5.74) is 4.22. The second kappa shape index (κ2) is 7.82. The summed E-state index contributed by atoms with van der Waals surface area (Å²) in [6.45, 7) is 2.35. The molecule has 0 N–H and O–H groups in total. The maximum Gasteiger partial charge on any atom is 0.259 e. The number of halogens is 1. The number of nitriles is 1. The molecule has 2 aromatic heterocycles. The molecule has 0 spiro atoms. The van der Waals surface area contributed by atoms with E-state index in [1.54, 1.807) is 29.0 Å². The van der Waals surface area contributed by atoms with Crippen molar-refractivity contribution in [2.75, 3.05) is 6.54 Å². The number of benzene rings is 2. The molecule has 0 saturated heterocycles. The zero-order chi connectivity index (χ0) is 21.4. The van der Waals surface area contributed by atoms with Gasteiger partial charge in [0.1, 0.15) is 5.82 Å². The Bertz CT molecular complexity index is 1360. The van der Waals surface area contributed by atoms with Crippen LogP contribution in [0.5, 0.6) is 0 Å². The van der Waals surface area contributed by atoms with Gasteiger partial charge in [0.25, 0.3) is 5.56 Å². The Balaban J connectivity index is 1.50. The van der Waals surface area contributed by atoms with Crippen LogP contribution in [0.4, 0.5) is 4.39 Å². The first-order valence-electron chi connectivity index (χ1n) is 10.2. The molecule has 0 aliphatic carbocycles. The van der Waals surface area contributed by atoms with Gasteiger partial charge in [0.05, 0.1) is 23.7 Å². The second-order valence-corrected chi connectivity index (χ2v) is 7.81. The first-order chi connectivity index (χ1) is 15.1. The standard InChI is InChI=1S/C24H20FN5O/c25-20-6-4-17(5-7-20)15-30-23(31)21-16-28(14-19-3-1-2-18(12-19)13-26)10-8-22(21)29-11-9-27-24(29)30/h1-7,9,11-12H,8,10,14-16H2. The Labute approximate surface area is 178 Å².